The highest BCUT2D eigenvalue weighted by molar-refractivity contribution is 5.87. The Morgan fingerprint density at radius 2 is 1.83 bits per heavy atom. The number of likely N-dealkylation sites (tertiary alicyclic amines) is 1. The van der Waals surface area contributed by atoms with Crippen LogP contribution in [0.2, 0.25) is 0 Å². The zero-order valence-corrected chi connectivity index (χ0v) is 12.4. The van der Waals surface area contributed by atoms with E-state index in [1.807, 2.05) is 0 Å². The molecule has 1 aliphatic rings. The first-order valence-corrected chi connectivity index (χ1v) is 7.03. The first kappa shape index (κ1) is 17.1. The first-order chi connectivity index (χ1) is 10.8. The predicted octanol–water partition coefficient (Wildman–Crippen LogP) is 1.80. The Morgan fingerprint density at radius 1 is 1.22 bits per heavy atom. The van der Waals surface area contributed by atoms with E-state index in [1.54, 1.807) is 0 Å². The highest BCUT2D eigenvalue weighted by Gasteiger charge is 2.30. The van der Waals surface area contributed by atoms with Crippen LogP contribution in [-0.4, -0.2) is 38.3 Å². The summed E-state index contributed by atoms with van der Waals surface area (Å²) < 4.78 is 39.8. The van der Waals surface area contributed by atoms with Gasteiger partial charge in [0.05, 0.1) is 25.8 Å². The van der Waals surface area contributed by atoms with E-state index in [0.717, 1.165) is 43.8 Å². The fraction of sp³-hybridized carbons (Fsp3) is 0.429. The van der Waals surface area contributed by atoms with E-state index in [1.165, 1.54) is 17.0 Å². The molecule has 1 amide bonds. The summed E-state index contributed by atoms with van der Waals surface area (Å²) in [7, 11) is 2.08. The van der Waals surface area contributed by atoms with E-state index in [0.29, 0.717) is 0 Å². The van der Waals surface area contributed by atoms with Crippen molar-refractivity contribution in [1.29, 1.82) is 0 Å². The summed E-state index contributed by atoms with van der Waals surface area (Å²) in [6.07, 6.45) is -4.02. The zero-order valence-electron chi connectivity index (χ0n) is 12.4. The molecule has 0 spiro atoms. The second-order valence-electron chi connectivity index (χ2n) is 5.19. The van der Waals surface area contributed by atoms with Gasteiger partial charge in [-0.3, -0.25) is 10.2 Å². The van der Waals surface area contributed by atoms with Gasteiger partial charge in [-0.25, -0.2) is 4.79 Å². The summed E-state index contributed by atoms with van der Waals surface area (Å²) in [5.74, 6) is -0.370. The lowest BCUT2D eigenvalue weighted by molar-refractivity contribution is -0.880. The number of carbonyl (C=O) groups is 1. The molecule has 0 saturated carbocycles. The Hall–Kier alpha value is -2.29. The number of benzene rings is 1. The van der Waals surface area contributed by atoms with Crippen LogP contribution in [0.4, 0.5) is 23.7 Å². The van der Waals surface area contributed by atoms with Gasteiger partial charge in [-0.05, 0) is 24.3 Å². The van der Waals surface area contributed by atoms with Crippen molar-refractivity contribution in [3.8, 4) is 5.75 Å². The largest absolute Gasteiger partial charge is 0.573 e. The monoisotopic (exact) mass is 332 g/mol. The Kier molecular flexibility index (Phi) is 5.43. The Morgan fingerprint density at radius 3 is 2.39 bits per heavy atom. The van der Waals surface area contributed by atoms with Crippen LogP contribution < -0.4 is 15.0 Å². The normalized spacial score (nSPS) is 18.3. The molecule has 0 radical (unpaired) electrons. The number of hydrogen-bond acceptors (Lipinski definition) is 4. The van der Waals surface area contributed by atoms with Gasteiger partial charge in [0.15, 0.2) is 0 Å². The summed E-state index contributed by atoms with van der Waals surface area (Å²) in [5.41, 5.74) is 1.09. The molecular weight excluding hydrogens is 315 g/mol. The molecule has 0 atom stereocenters. The third-order valence-corrected chi connectivity index (χ3v) is 3.27. The Bertz CT molecular complexity index is 563. The number of amides is 1. The lowest BCUT2D eigenvalue weighted by Crippen LogP contribution is -3.10. The van der Waals surface area contributed by atoms with Crippen LogP contribution in [0.25, 0.3) is 0 Å². The van der Waals surface area contributed by atoms with Gasteiger partial charge < -0.3 is 9.64 Å². The molecule has 9 heteroatoms. The van der Waals surface area contributed by atoms with E-state index in [9.17, 15) is 18.0 Å². The molecule has 23 heavy (non-hydrogen) atoms. The third-order valence-electron chi connectivity index (χ3n) is 3.27. The van der Waals surface area contributed by atoms with Gasteiger partial charge in [-0.2, -0.15) is 0 Å². The number of nitrogens with one attached hydrogen (secondary N) is 2. The maximum absolute atomic E-state index is 12.0. The third kappa shape index (κ3) is 6.15. The Balaban J connectivity index is 1.82. The van der Waals surface area contributed by atoms with Gasteiger partial charge in [0, 0.05) is 18.5 Å². The van der Waals surface area contributed by atoms with E-state index in [-0.39, 0.29) is 11.4 Å². The molecule has 0 aromatic heterocycles. The number of rotatable bonds is 3. The predicted molar refractivity (Wildman–Crippen MR) is 76.5 cm³/mol. The van der Waals surface area contributed by atoms with Crippen LogP contribution in [0.1, 0.15) is 12.8 Å². The summed E-state index contributed by atoms with van der Waals surface area (Å²) in [5, 5.41) is 6.17. The fourth-order valence-corrected chi connectivity index (χ4v) is 2.04. The summed E-state index contributed by atoms with van der Waals surface area (Å²) in [4.78, 5) is 17.7. The highest BCUT2D eigenvalue weighted by Crippen LogP contribution is 2.23. The fourth-order valence-electron chi connectivity index (χ4n) is 2.04. The number of carbonyl (C=O) groups excluding carboxylic acids is 1. The van der Waals surface area contributed by atoms with Crippen molar-refractivity contribution in [2.24, 2.45) is 5.16 Å². The SMILES string of the molecule is C[NH+]1CCC(=NOC(=O)Nc2ccc(OC(F)(F)F)cc2)CC1. The van der Waals surface area contributed by atoms with Gasteiger partial charge in [-0.15, -0.1) is 13.2 Å². The van der Waals surface area contributed by atoms with Crippen molar-refractivity contribution >= 4 is 17.5 Å². The quantitative estimate of drug-likeness (QED) is 0.655. The number of anilines is 1. The molecule has 126 valence electrons. The lowest BCUT2D eigenvalue weighted by Gasteiger charge is -2.19. The summed E-state index contributed by atoms with van der Waals surface area (Å²) in [6.45, 7) is 1.87. The van der Waals surface area contributed by atoms with Crippen molar-refractivity contribution in [3.63, 3.8) is 0 Å². The zero-order chi connectivity index (χ0) is 16.9. The molecule has 0 bridgehead atoms. The molecule has 1 saturated heterocycles. The van der Waals surface area contributed by atoms with Crippen molar-refractivity contribution in [1.82, 2.24) is 0 Å². The molecule has 0 unspecified atom stereocenters. The summed E-state index contributed by atoms with van der Waals surface area (Å²) >= 11 is 0. The van der Waals surface area contributed by atoms with E-state index >= 15 is 0 Å². The number of ether oxygens (including phenoxy) is 1. The maximum Gasteiger partial charge on any atom is 0.573 e. The lowest BCUT2D eigenvalue weighted by atomic mass is 10.1. The second-order valence-corrected chi connectivity index (χ2v) is 5.19. The summed E-state index contributed by atoms with van der Waals surface area (Å²) in [6, 6.07) is 4.73. The van der Waals surface area contributed by atoms with Crippen molar-refractivity contribution in [2.45, 2.75) is 19.2 Å². The molecule has 6 nitrogen and oxygen atoms in total. The van der Waals surface area contributed by atoms with Crippen LogP contribution in [0.5, 0.6) is 5.75 Å². The number of halogens is 3. The van der Waals surface area contributed by atoms with Crippen LogP contribution in [0.3, 0.4) is 0 Å². The standard InChI is InChI=1S/C14H16F3N3O3/c1-20-8-6-11(7-9-20)19-23-13(21)18-10-2-4-12(5-3-10)22-14(15,16)17/h2-5H,6-9H2,1H3,(H,18,21)/p+1. The Labute approximate surface area is 130 Å². The molecule has 1 aromatic rings. The molecule has 1 aromatic carbocycles. The maximum atomic E-state index is 12.0. The number of piperidine rings is 1. The number of alkyl halides is 3. The molecular formula is C14H17F3N3O3+. The molecule has 1 aliphatic heterocycles. The number of hydrogen-bond donors (Lipinski definition) is 2. The number of quaternary nitrogens is 1. The van der Waals surface area contributed by atoms with Crippen molar-refractivity contribution < 1.29 is 32.4 Å². The minimum atomic E-state index is -4.75. The van der Waals surface area contributed by atoms with Crippen LogP contribution in [0, 0.1) is 0 Å². The highest BCUT2D eigenvalue weighted by atomic mass is 19.4. The van der Waals surface area contributed by atoms with Gasteiger partial charge in [0.25, 0.3) is 0 Å². The molecule has 0 aliphatic carbocycles. The average molecular weight is 332 g/mol. The van der Waals surface area contributed by atoms with Gasteiger partial charge in [0.1, 0.15) is 5.75 Å². The van der Waals surface area contributed by atoms with E-state index < -0.39 is 12.5 Å². The minimum absolute atomic E-state index is 0.276. The average Bonchev–Trinajstić information content (AvgIpc) is 2.47. The van der Waals surface area contributed by atoms with Crippen molar-refractivity contribution in [2.75, 3.05) is 25.5 Å². The molecule has 1 heterocycles. The smallest absolute Gasteiger partial charge is 0.406 e. The van der Waals surface area contributed by atoms with Crippen LogP contribution in [-0.2, 0) is 4.84 Å². The van der Waals surface area contributed by atoms with Crippen LogP contribution >= 0.6 is 0 Å². The topological polar surface area (TPSA) is 64.4 Å². The van der Waals surface area contributed by atoms with Crippen molar-refractivity contribution in [3.05, 3.63) is 24.3 Å². The molecule has 2 rings (SSSR count). The van der Waals surface area contributed by atoms with Gasteiger partial charge >= 0.3 is 12.5 Å². The molecule has 2 N–H and O–H groups in total. The second kappa shape index (κ2) is 7.32. The molecule has 1 fully saturated rings. The van der Waals surface area contributed by atoms with Crippen LogP contribution in [0.15, 0.2) is 29.4 Å². The van der Waals surface area contributed by atoms with E-state index in [2.05, 4.69) is 22.3 Å². The minimum Gasteiger partial charge on any atom is -0.406 e. The van der Waals surface area contributed by atoms with Gasteiger partial charge in [0.2, 0.25) is 0 Å². The van der Waals surface area contributed by atoms with E-state index in [4.69, 9.17) is 4.84 Å². The number of oxime groups is 1. The van der Waals surface area contributed by atoms with Gasteiger partial charge in [-0.1, -0.05) is 5.16 Å². The first-order valence-electron chi connectivity index (χ1n) is 7.03. The number of nitrogens with zero attached hydrogens (tertiary/aromatic N) is 1.